The van der Waals surface area contributed by atoms with E-state index in [-0.39, 0.29) is 5.75 Å². The van der Waals surface area contributed by atoms with Crippen LogP contribution in [0.3, 0.4) is 0 Å². The third kappa shape index (κ3) is 3.73. The Morgan fingerprint density at radius 2 is 1.71 bits per heavy atom. The molecule has 0 spiro atoms. The minimum absolute atomic E-state index is 0.288. The van der Waals surface area contributed by atoms with Crippen molar-refractivity contribution in [2.75, 3.05) is 5.75 Å². The zero-order valence-electron chi connectivity index (χ0n) is 8.00. The second kappa shape index (κ2) is 4.79. The van der Waals surface area contributed by atoms with Crippen LogP contribution >= 0.6 is 11.8 Å². The first-order chi connectivity index (χ1) is 6.47. The summed E-state index contributed by atoms with van der Waals surface area (Å²) < 4.78 is 30.5. The van der Waals surface area contributed by atoms with Gasteiger partial charge in [0.2, 0.25) is 0 Å². The van der Waals surface area contributed by atoms with E-state index in [1.54, 1.807) is 0 Å². The van der Waals surface area contributed by atoms with Gasteiger partial charge in [-0.1, -0.05) is 25.7 Å². The molecule has 14 heavy (non-hydrogen) atoms. The lowest BCUT2D eigenvalue weighted by atomic mass is 9.94. The monoisotopic (exact) mass is 241 g/mol. The predicted octanol–water partition coefficient (Wildman–Crippen LogP) is 1.71. The van der Waals surface area contributed by atoms with Crippen LogP contribution < -0.4 is 4.84 Å². The van der Waals surface area contributed by atoms with Gasteiger partial charge in [-0.2, -0.15) is 8.42 Å². The summed E-state index contributed by atoms with van der Waals surface area (Å²) in [5, 5.41) is 0. The third-order valence-electron chi connectivity index (χ3n) is 2.72. The SMILES string of the molecule is O=S(=O)(O)CC1(NCl)CCCCCC1. The van der Waals surface area contributed by atoms with Crippen LogP contribution in [0.25, 0.3) is 0 Å². The van der Waals surface area contributed by atoms with Crippen molar-refractivity contribution in [3.63, 3.8) is 0 Å². The van der Waals surface area contributed by atoms with Gasteiger partial charge in [0.25, 0.3) is 10.1 Å². The Bertz CT molecular complexity index is 270. The number of nitrogens with one attached hydrogen (secondary N) is 1. The van der Waals surface area contributed by atoms with Crippen LogP contribution in [0.1, 0.15) is 38.5 Å². The molecule has 2 N–H and O–H groups in total. The van der Waals surface area contributed by atoms with Crippen LogP contribution in [0.2, 0.25) is 0 Å². The standard InChI is InChI=1S/C8H16ClNO3S/c9-10-8(7-14(11,12)13)5-3-1-2-4-6-8/h10H,1-7H2,(H,11,12,13). The molecule has 0 heterocycles. The molecule has 4 nitrogen and oxygen atoms in total. The Kier molecular flexibility index (Phi) is 4.18. The van der Waals surface area contributed by atoms with Crippen molar-refractivity contribution in [1.29, 1.82) is 0 Å². The smallest absolute Gasteiger partial charge is 0.266 e. The van der Waals surface area contributed by atoms with Gasteiger partial charge in [-0.3, -0.25) is 4.55 Å². The summed E-state index contributed by atoms with van der Waals surface area (Å²) in [6, 6.07) is 0. The highest BCUT2D eigenvalue weighted by Crippen LogP contribution is 2.28. The predicted molar refractivity (Wildman–Crippen MR) is 55.8 cm³/mol. The fourth-order valence-corrected chi connectivity index (χ4v) is 3.41. The summed E-state index contributed by atoms with van der Waals surface area (Å²) in [6.45, 7) is 0. The van der Waals surface area contributed by atoms with Gasteiger partial charge in [0.15, 0.2) is 0 Å². The van der Waals surface area contributed by atoms with E-state index < -0.39 is 15.7 Å². The van der Waals surface area contributed by atoms with Gasteiger partial charge in [-0.05, 0) is 24.6 Å². The molecule has 1 saturated carbocycles. The molecule has 0 amide bonds. The van der Waals surface area contributed by atoms with Gasteiger partial charge < -0.3 is 0 Å². The van der Waals surface area contributed by atoms with E-state index in [2.05, 4.69) is 4.84 Å². The van der Waals surface area contributed by atoms with Crippen molar-refractivity contribution in [3.8, 4) is 0 Å². The number of hydrogen-bond donors (Lipinski definition) is 2. The lowest BCUT2D eigenvalue weighted by Gasteiger charge is -2.29. The first kappa shape index (κ1) is 12.2. The van der Waals surface area contributed by atoms with Gasteiger partial charge in [-0.25, -0.2) is 4.84 Å². The molecule has 0 atom stereocenters. The van der Waals surface area contributed by atoms with Crippen LogP contribution in [0.15, 0.2) is 0 Å². The van der Waals surface area contributed by atoms with Crippen LogP contribution in [-0.2, 0) is 10.1 Å². The average Bonchev–Trinajstić information content (AvgIpc) is 2.28. The molecule has 1 rings (SSSR count). The molecular formula is C8H16ClNO3S. The van der Waals surface area contributed by atoms with Gasteiger partial charge in [0.05, 0.1) is 5.75 Å². The van der Waals surface area contributed by atoms with E-state index >= 15 is 0 Å². The summed E-state index contributed by atoms with van der Waals surface area (Å²) in [6.07, 6.45) is 5.52. The molecule has 0 aromatic heterocycles. The largest absolute Gasteiger partial charge is 0.285 e. The maximum atomic E-state index is 10.8. The minimum atomic E-state index is -3.96. The van der Waals surface area contributed by atoms with Crippen LogP contribution in [0.4, 0.5) is 0 Å². The Balaban J connectivity index is 2.72. The molecule has 0 unspecified atom stereocenters. The maximum Gasteiger partial charge on any atom is 0.266 e. The topological polar surface area (TPSA) is 66.4 Å². The lowest BCUT2D eigenvalue weighted by molar-refractivity contribution is 0.362. The maximum absolute atomic E-state index is 10.8. The molecule has 0 radical (unpaired) electrons. The molecule has 1 aliphatic rings. The average molecular weight is 242 g/mol. The fourth-order valence-electron chi connectivity index (χ4n) is 2.02. The molecule has 0 aromatic carbocycles. The Morgan fingerprint density at radius 1 is 1.21 bits per heavy atom. The zero-order chi connectivity index (χ0) is 10.7. The molecule has 84 valence electrons. The summed E-state index contributed by atoms with van der Waals surface area (Å²) in [5.41, 5.74) is -0.633. The number of hydrogen-bond acceptors (Lipinski definition) is 3. The number of halogens is 1. The fraction of sp³-hybridized carbons (Fsp3) is 1.00. The van der Waals surface area contributed by atoms with Crippen molar-refractivity contribution in [1.82, 2.24) is 4.84 Å². The summed E-state index contributed by atoms with van der Waals surface area (Å²) in [7, 11) is -3.96. The second-order valence-corrected chi connectivity index (χ2v) is 5.66. The minimum Gasteiger partial charge on any atom is -0.285 e. The summed E-state index contributed by atoms with van der Waals surface area (Å²) in [4.78, 5) is 2.55. The zero-order valence-corrected chi connectivity index (χ0v) is 9.57. The van der Waals surface area contributed by atoms with E-state index in [1.165, 1.54) is 0 Å². The molecule has 6 heteroatoms. The first-order valence-electron chi connectivity index (χ1n) is 4.80. The van der Waals surface area contributed by atoms with E-state index in [9.17, 15) is 8.42 Å². The highest BCUT2D eigenvalue weighted by atomic mass is 35.5. The first-order valence-corrected chi connectivity index (χ1v) is 6.79. The van der Waals surface area contributed by atoms with Crippen LogP contribution in [-0.4, -0.2) is 24.3 Å². The lowest BCUT2D eigenvalue weighted by Crippen LogP contribution is -2.45. The van der Waals surface area contributed by atoms with Gasteiger partial charge in [0, 0.05) is 5.54 Å². The van der Waals surface area contributed by atoms with Gasteiger partial charge in [0.1, 0.15) is 0 Å². The molecule has 1 fully saturated rings. The van der Waals surface area contributed by atoms with Crippen molar-refractivity contribution in [2.45, 2.75) is 44.1 Å². The Hall–Kier alpha value is 0.160. The van der Waals surface area contributed by atoms with Gasteiger partial charge >= 0.3 is 0 Å². The summed E-state index contributed by atoms with van der Waals surface area (Å²) >= 11 is 5.59. The Labute approximate surface area is 89.9 Å². The molecule has 0 aliphatic heterocycles. The van der Waals surface area contributed by atoms with Crippen molar-refractivity contribution in [3.05, 3.63) is 0 Å². The highest BCUT2D eigenvalue weighted by Gasteiger charge is 2.34. The van der Waals surface area contributed by atoms with E-state index in [1.807, 2.05) is 0 Å². The van der Waals surface area contributed by atoms with Crippen LogP contribution in [0, 0.1) is 0 Å². The Morgan fingerprint density at radius 3 is 2.07 bits per heavy atom. The quantitative estimate of drug-likeness (QED) is 0.449. The van der Waals surface area contributed by atoms with Crippen molar-refractivity contribution >= 4 is 21.9 Å². The molecule has 1 aliphatic carbocycles. The van der Waals surface area contributed by atoms with Crippen LogP contribution in [0.5, 0.6) is 0 Å². The van der Waals surface area contributed by atoms with E-state index in [4.69, 9.17) is 16.3 Å². The third-order valence-corrected chi connectivity index (χ3v) is 4.04. The molecule has 0 aromatic rings. The van der Waals surface area contributed by atoms with E-state index in [0.29, 0.717) is 12.8 Å². The molecule has 0 bridgehead atoms. The number of rotatable bonds is 3. The summed E-state index contributed by atoms with van der Waals surface area (Å²) in [5.74, 6) is -0.288. The van der Waals surface area contributed by atoms with Crippen molar-refractivity contribution < 1.29 is 13.0 Å². The molecular weight excluding hydrogens is 226 g/mol. The van der Waals surface area contributed by atoms with E-state index in [0.717, 1.165) is 25.7 Å². The molecule has 0 saturated heterocycles. The highest BCUT2D eigenvalue weighted by molar-refractivity contribution is 7.85. The normalized spacial score (nSPS) is 23.0. The van der Waals surface area contributed by atoms with Crippen molar-refractivity contribution in [2.24, 2.45) is 0 Å². The second-order valence-electron chi connectivity index (χ2n) is 4.02. The van der Waals surface area contributed by atoms with Gasteiger partial charge in [-0.15, -0.1) is 0 Å².